The van der Waals surface area contributed by atoms with Crippen LogP contribution in [0.1, 0.15) is 48.9 Å². The van der Waals surface area contributed by atoms with Crippen molar-refractivity contribution in [2.24, 2.45) is 0 Å². The number of benzene rings is 1. The maximum atomic E-state index is 12.7. The number of aromatic nitrogens is 2. The van der Waals surface area contributed by atoms with Gasteiger partial charge in [0.05, 0.1) is 12.8 Å². The molecule has 1 aliphatic rings. The fourth-order valence-electron chi connectivity index (χ4n) is 3.48. The quantitative estimate of drug-likeness (QED) is 0.884. The Bertz CT molecular complexity index is 778. The standard InChI is InChI=1S/C20H26N4O2/c1-4-15-9-7-8-12-24(15)19-13-17(21-14(2)22-19)20(25)23-16-10-5-6-11-18(16)26-3/h5-6,10-11,13,15H,4,7-9,12H2,1-3H3,(H,23,25). The molecule has 26 heavy (non-hydrogen) atoms. The van der Waals surface area contributed by atoms with Crippen molar-refractivity contribution in [2.75, 3.05) is 23.9 Å². The molecule has 1 aliphatic heterocycles. The van der Waals surface area contributed by atoms with Crippen molar-refractivity contribution in [3.63, 3.8) is 0 Å². The second kappa shape index (κ2) is 8.17. The predicted octanol–water partition coefficient (Wildman–Crippen LogP) is 3.81. The van der Waals surface area contributed by atoms with Crippen LogP contribution in [0.25, 0.3) is 0 Å². The van der Waals surface area contributed by atoms with Crippen LogP contribution in [0.15, 0.2) is 30.3 Å². The van der Waals surface area contributed by atoms with E-state index in [1.165, 1.54) is 12.8 Å². The molecule has 0 radical (unpaired) electrons. The lowest BCUT2D eigenvalue weighted by atomic mass is 10.00. The van der Waals surface area contributed by atoms with Crippen molar-refractivity contribution in [3.05, 3.63) is 41.9 Å². The molecule has 138 valence electrons. The fourth-order valence-corrected chi connectivity index (χ4v) is 3.48. The second-order valence-electron chi connectivity index (χ2n) is 6.56. The molecule has 0 saturated carbocycles. The molecular weight excluding hydrogens is 328 g/mol. The van der Waals surface area contributed by atoms with Gasteiger partial charge in [-0.05, 0) is 44.7 Å². The van der Waals surface area contributed by atoms with Gasteiger partial charge in [0.15, 0.2) is 0 Å². The monoisotopic (exact) mass is 354 g/mol. The third-order valence-corrected chi connectivity index (χ3v) is 4.80. The third-order valence-electron chi connectivity index (χ3n) is 4.80. The summed E-state index contributed by atoms with van der Waals surface area (Å²) in [7, 11) is 1.58. The lowest BCUT2D eigenvalue weighted by Crippen LogP contribution is -2.40. The molecule has 3 rings (SSSR count). The van der Waals surface area contributed by atoms with E-state index in [0.29, 0.717) is 29.0 Å². The number of hydrogen-bond donors (Lipinski definition) is 1. The first-order chi connectivity index (χ1) is 12.6. The number of hydrogen-bond acceptors (Lipinski definition) is 5. The number of nitrogens with one attached hydrogen (secondary N) is 1. The van der Waals surface area contributed by atoms with Crippen LogP contribution >= 0.6 is 0 Å². The second-order valence-corrected chi connectivity index (χ2v) is 6.56. The van der Waals surface area contributed by atoms with E-state index >= 15 is 0 Å². The third kappa shape index (κ3) is 3.95. The molecule has 0 aliphatic carbocycles. The van der Waals surface area contributed by atoms with Crippen molar-refractivity contribution in [3.8, 4) is 5.75 Å². The summed E-state index contributed by atoms with van der Waals surface area (Å²) < 4.78 is 5.30. The number of ether oxygens (including phenoxy) is 1. The van der Waals surface area contributed by atoms with E-state index in [4.69, 9.17) is 4.74 Å². The summed E-state index contributed by atoms with van der Waals surface area (Å²) in [6.07, 6.45) is 4.65. The van der Waals surface area contributed by atoms with Gasteiger partial charge >= 0.3 is 0 Å². The van der Waals surface area contributed by atoms with Crippen molar-refractivity contribution in [1.82, 2.24) is 9.97 Å². The average molecular weight is 354 g/mol. The molecule has 1 aromatic carbocycles. The molecular formula is C20H26N4O2. The van der Waals surface area contributed by atoms with Crippen molar-refractivity contribution < 1.29 is 9.53 Å². The van der Waals surface area contributed by atoms with Crippen LogP contribution in [0.5, 0.6) is 5.75 Å². The number of para-hydroxylation sites is 2. The van der Waals surface area contributed by atoms with Gasteiger partial charge in [0, 0.05) is 18.7 Å². The molecule has 1 saturated heterocycles. The lowest BCUT2D eigenvalue weighted by Gasteiger charge is -2.36. The average Bonchev–Trinajstić information content (AvgIpc) is 2.67. The summed E-state index contributed by atoms with van der Waals surface area (Å²) >= 11 is 0. The van der Waals surface area contributed by atoms with Gasteiger partial charge in [0.2, 0.25) is 0 Å². The Morgan fingerprint density at radius 3 is 2.88 bits per heavy atom. The number of carbonyl (C=O) groups is 1. The van der Waals surface area contributed by atoms with Crippen LogP contribution in [0.3, 0.4) is 0 Å². The summed E-state index contributed by atoms with van der Waals surface area (Å²) in [4.78, 5) is 24.0. The van der Waals surface area contributed by atoms with Crippen LogP contribution in [0.2, 0.25) is 0 Å². The summed E-state index contributed by atoms with van der Waals surface area (Å²) in [5.74, 6) is 1.81. The van der Waals surface area contributed by atoms with Crippen molar-refractivity contribution in [1.29, 1.82) is 0 Å². The Kier molecular flexibility index (Phi) is 5.71. The summed E-state index contributed by atoms with van der Waals surface area (Å²) in [5.41, 5.74) is 1.00. The largest absolute Gasteiger partial charge is 0.495 e. The lowest BCUT2D eigenvalue weighted by molar-refractivity contribution is 0.102. The van der Waals surface area contributed by atoms with E-state index in [2.05, 4.69) is 27.1 Å². The first kappa shape index (κ1) is 18.2. The first-order valence-electron chi connectivity index (χ1n) is 9.19. The maximum Gasteiger partial charge on any atom is 0.274 e. The van der Waals surface area contributed by atoms with Crippen molar-refractivity contribution in [2.45, 2.75) is 45.6 Å². The molecule has 6 heteroatoms. The van der Waals surface area contributed by atoms with Gasteiger partial charge in [0.1, 0.15) is 23.1 Å². The van der Waals surface area contributed by atoms with Crippen molar-refractivity contribution >= 4 is 17.4 Å². The van der Waals surface area contributed by atoms with Crippen LogP contribution < -0.4 is 15.0 Å². The Labute approximate surface area is 154 Å². The predicted molar refractivity (Wildman–Crippen MR) is 103 cm³/mol. The van der Waals surface area contributed by atoms with Gasteiger partial charge in [-0.25, -0.2) is 9.97 Å². The minimum atomic E-state index is -0.258. The SMILES string of the molecule is CCC1CCCCN1c1cc(C(=O)Nc2ccccc2OC)nc(C)n1. The minimum absolute atomic E-state index is 0.258. The number of amides is 1. The van der Waals surface area contributed by atoms with Crippen LogP contribution in [0.4, 0.5) is 11.5 Å². The molecule has 6 nitrogen and oxygen atoms in total. The van der Waals surface area contributed by atoms with Crippen LogP contribution in [0, 0.1) is 6.92 Å². The van der Waals surface area contributed by atoms with Crippen LogP contribution in [-0.2, 0) is 0 Å². The summed E-state index contributed by atoms with van der Waals surface area (Å²) in [6.45, 7) is 5.00. The van der Waals surface area contributed by atoms with Gasteiger partial charge in [-0.3, -0.25) is 4.79 Å². The Morgan fingerprint density at radius 1 is 1.31 bits per heavy atom. The zero-order chi connectivity index (χ0) is 18.5. The highest BCUT2D eigenvalue weighted by molar-refractivity contribution is 6.04. The fraction of sp³-hybridized carbons (Fsp3) is 0.450. The molecule has 2 aromatic rings. The number of piperidine rings is 1. The smallest absolute Gasteiger partial charge is 0.274 e. The number of carbonyl (C=O) groups excluding carboxylic acids is 1. The normalized spacial score (nSPS) is 17.0. The molecule has 1 aromatic heterocycles. The highest BCUT2D eigenvalue weighted by atomic mass is 16.5. The highest BCUT2D eigenvalue weighted by Crippen LogP contribution is 2.27. The van der Waals surface area contributed by atoms with E-state index in [9.17, 15) is 4.79 Å². The summed E-state index contributed by atoms with van der Waals surface area (Å²) in [5, 5.41) is 2.89. The van der Waals surface area contributed by atoms with Gasteiger partial charge < -0.3 is 15.0 Å². The topological polar surface area (TPSA) is 67.4 Å². The van der Waals surface area contributed by atoms with E-state index in [0.717, 1.165) is 25.2 Å². The maximum absolute atomic E-state index is 12.7. The molecule has 0 bridgehead atoms. The molecule has 2 heterocycles. The van der Waals surface area contributed by atoms with Gasteiger partial charge in [-0.1, -0.05) is 19.1 Å². The minimum Gasteiger partial charge on any atom is -0.495 e. The van der Waals surface area contributed by atoms with Crippen LogP contribution in [-0.4, -0.2) is 35.6 Å². The number of rotatable bonds is 5. The Balaban J connectivity index is 1.86. The number of anilines is 2. The van der Waals surface area contributed by atoms with Gasteiger partial charge in [-0.15, -0.1) is 0 Å². The highest BCUT2D eigenvalue weighted by Gasteiger charge is 2.24. The van der Waals surface area contributed by atoms with E-state index < -0.39 is 0 Å². The first-order valence-corrected chi connectivity index (χ1v) is 9.19. The number of aryl methyl sites for hydroxylation is 1. The molecule has 1 amide bonds. The number of nitrogens with zero attached hydrogens (tertiary/aromatic N) is 3. The van der Waals surface area contributed by atoms with E-state index in [-0.39, 0.29) is 5.91 Å². The molecule has 0 spiro atoms. The van der Waals surface area contributed by atoms with Gasteiger partial charge in [0.25, 0.3) is 5.91 Å². The Morgan fingerprint density at radius 2 is 2.12 bits per heavy atom. The number of methoxy groups -OCH3 is 1. The molecule has 1 unspecified atom stereocenters. The Hall–Kier alpha value is -2.63. The molecule has 1 N–H and O–H groups in total. The van der Waals surface area contributed by atoms with Gasteiger partial charge in [-0.2, -0.15) is 0 Å². The zero-order valence-corrected chi connectivity index (χ0v) is 15.7. The zero-order valence-electron chi connectivity index (χ0n) is 15.7. The molecule has 1 atom stereocenters. The van der Waals surface area contributed by atoms with E-state index in [1.807, 2.05) is 31.2 Å². The summed E-state index contributed by atoms with van der Waals surface area (Å²) in [6, 6.07) is 9.61. The van der Waals surface area contributed by atoms with E-state index in [1.54, 1.807) is 13.2 Å². The molecule has 1 fully saturated rings.